The van der Waals surface area contributed by atoms with Crippen LogP contribution in [0.15, 0.2) is 60.9 Å². The molecule has 1 amide bonds. The summed E-state index contributed by atoms with van der Waals surface area (Å²) in [5.41, 5.74) is 10.7. The van der Waals surface area contributed by atoms with Crippen LogP contribution in [0.5, 0.6) is 5.75 Å². The Kier molecular flexibility index (Phi) is 5.23. The Morgan fingerprint density at radius 2 is 2.03 bits per heavy atom. The summed E-state index contributed by atoms with van der Waals surface area (Å²) in [6, 6.07) is 15.7. The van der Waals surface area contributed by atoms with Gasteiger partial charge in [-0.3, -0.25) is 4.79 Å². The maximum absolute atomic E-state index is 13.4. The highest BCUT2D eigenvalue weighted by Gasteiger charge is 2.33. The second kappa shape index (κ2) is 8.34. The Balaban J connectivity index is 1.46. The van der Waals surface area contributed by atoms with Crippen molar-refractivity contribution in [3.63, 3.8) is 0 Å². The minimum atomic E-state index is -0.130. The number of aromatic nitrogens is 3. The Morgan fingerprint density at radius 1 is 1.22 bits per heavy atom. The molecule has 0 radical (unpaired) electrons. The first-order valence-corrected chi connectivity index (χ1v) is 10.8. The fraction of sp³-hybridized carbons (Fsp3) is 0.240. The van der Waals surface area contributed by atoms with E-state index in [1.165, 1.54) is 0 Å². The molecule has 2 aromatic carbocycles. The zero-order valence-electron chi connectivity index (χ0n) is 17.9. The van der Waals surface area contributed by atoms with Gasteiger partial charge in [0.25, 0.3) is 0 Å². The highest BCUT2D eigenvalue weighted by molar-refractivity contribution is 5.89. The van der Waals surface area contributed by atoms with Crippen molar-refractivity contribution in [1.29, 1.82) is 0 Å². The number of fused-ring (bicyclic) bond motifs is 1. The van der Waals surface area contributed by atoms with Crippen LogP contribution in [0.4, 0.5) is 5.95 Å². The summed E-state index contributed by atoms with van der Waals surface area (Å²) < 4.78 is 5.28. The van der Waals surface area contributed by atoms with Gasteiger partial charge < -0.3 is 20.4 Å². The molecule has 32 heavy (non-hydrogen) atoms. The number of hydrogen-bond donors (Lipinski definition) is 2. The van der Waals surface area contributed by atoms with Crippen LogP contribution in [0.1, 0.15) is 30.1 Å². The lowest BCUT2D eigenvalue weighted by Crippen LogP contribution is -2.32. The molecule has 3 heterocycles. The number of nitrogens with one attached hydrogen (secondary N) is 1. The molecular weight excluding hydrogens is 402 g/mol. The molecule has 7 heteroatoms. The summed E-state index contributed by atoms with van der Waals surface area (Å²) in [7, 11) is 1.64. The highest BCUT2D eigenvalue weighted by atomic mass is 16.5. The van der Waals surface area contributed by atoms with Gasteiger partial charge in [0.15, 0.2) is 0 Å². The van der Waals surface area contributed by atoms with Crippen LogP contribution in [0, 0.1) is 0 Å². The third-order valence-electron chi connectivity index (χ3n) is 6.14. The Hall–Kier alpha value is -3.87. The Labute approximate surface area is 186 Å². The number of H-pyrrole nitrogens is 1. The second-order valence-corrected chi connectivity index (χ2v) is 8.04. The standard InChI is InChI=1S/C25H25N5O2/c1-32-18-10-8-16(9-11-18)20-15-28-25(26)29-24(20)22-7-4-12-30(22)23(31)13-17-14-27-21-6-3-2-5-19(17)21/h2-3,5-6,8-11,14-15,22,27H,4,7,12-13H2,1H3,(H2,26,28,29)/t22-/m0/s1. The summed E-state index contributed by atoms with van der Waals surface area (Å²) in [5, 5.41) is 1.08. The van der Waals surface area contributed by atoms with E-state index >= 15 is 0 Å². The number of carbonyl (C=O) groups is 1. The largest absolute Gasteiger partial charge is 0.497 e. The van der Waals surface area contributed by atoms with Crippen LogP contribution in [0.2, 0.25) is 0 Å². The monoisotopic (exact) mass is 427 g/mol. The van der Waals surface area contributed by atoms with Crippen molar-refractivity contribution in [2.24, 2.45) is 0 Å². The molecule has 1 atom stereocenters. The predicted octanol–water partition coefficient (Wildman–Crippen LogP) is 4.12. The Morgan fingerprint density at radius 3 is 2.84 bits per heavy atom. The predicted molar refractivity (Wildman–Crippen MR) is 124 cm³/mol. The van der Waals surface area contributed by atoms with Gasteiger partial charge in [-0.1, -0.05) is 30.3 Å². The molecule has 162 valence electrons. The van der Waals surface area contributed by atoms with E-state index in [2.05, 4.69) is 15.0 Å². The van der Waals surface area contributed by atoms with Crippen LogP contribution < -0.4 is 10.5 Å². The molecule has 1 saturated heterocycles. The summed E-state index contributed by atoms with van der Waals surface area (Å²) in [4.78, 5) is 27.4. The maximum Gasteiger partial charge on any atom is 0.227 e. The molecule has 7 nitrogen and oxygen atoms in total. The normalized spacial score (nSPS) is 15.9. The number of carbonyl (C=O) groups excluding carboxylic acids is 1. The van der Waals surface area contributed by atoms with Gasteiger partial charge in [-0.25, -0.2) is 9.97 Å². The third kappa shape index (κ3) is 3.66. The molecule has 4 aromatic rings. The quantitative estimate of drug-likeness (QED) is 0.499. The molecule has 3 N–H and O–H groups in total. The zero-order chi connectivity index (χ0) is 22.1. The minimum Gasteiger partial charge on any atom is -0.497 e. The molecule has 0 unspecified atom stereocenters. The summed E-state index contributed by atoms with van der Waals surface area (Å²) in [6.07, 6.45) is 5.80. The van der Waals surface area contributed by atoms with Crippen molar-refractivity contribution in [2.75, 3.05) is 19.4 Å². The molecule has 0 bridgehead atoms. The number of ether oxygens (including phenoxy) is 1. The second-order valence-electron chi connectivity index (χ2n) is 8.04. The average molecular weight is 428 g/mol. The molecule has 1 aliphatic rings. The number of para-hydroxylation sites is 1. The molecule has 1 fully saturated rings. The van der Waals surface area contributed by atoms with E-state index in [0.717, 1.165) is 51.9 Å². The maximum atomic E-state index is 13.4. The highest BCUT2D eigenvalue weighted by Crippen LogP contribution is 2.37. The van der Waals surface area contributed by atoms with Gasteiger partial charge in [-0.2, -0.15) is 0 Å². The van der Waals surface area contributed by atoms with Crippen LogP contribution in [-0.2, 0) is 11.2 Å². The number of hydrogen-bond acceptors (Lipinski definition) is 5. The average Bonchev–Trinajstić information content (AvgIpc) is 3.47. The van der Waals surface area contributed by atoms with Crippen molar-refractivity contribution < 1.29 is 9.53 Å². The summed E-state index contributed by atoms with van der Waals surface area (Å²) in [6.45, 7) is 0.706. The lowest BCUT2D eigenvalue weighted by molar-refractivity contribution is -0.131. The van der Waals surface area contributed by atoms with E-state index in [0.29, 0.717) is 13.0 Å². The fourth-order valence-electron chi connectivity index (χ4n) is 4.55. The van der Waals surface area contributed by atoms with Gasteiger partial charge in [0.05, 0.1) is 25.3 Å². The first-order chi connectivity index (χ1) is 15.6. The molecule has 0 spiro atoms. The molecule has 0 aliphatic carbocycles. The van der Waals surface area contributed by atoms with Gasteiger partial charge in [0, 0.05) is 35.4 Å². The molecule has 5 rings (SSSR count). The van der Waals surface area contributed by atoms with E-state index in [-0.39, 0.29) is 17.9 Å². The first-order valence-electron chi connectivity index (χ1n) is 10.8. The number of nitrogens with two attached hydrogens (primary N) is 1. The van der Waals surface area contributed by atoms with Crippen LogP contribution >= 0.6 is 0 Å². The van der Waals surface area contributed by atoms with Crippen LogP contribution in [-0.4, -0.2) is 39.4 Å². The van der Waals surface area contributed by atoms with E-state index in [4.69, 9.17) is 10.5 Å². The number of rotatable bonds is 5. The summed E-state index contributed by atoms with van der Waals surface area (Å²) in [5.74, 6) is 1.09. The topological polar surface area (TPSA) is 97.1 Å². The number of benzene rings is 2. The van der Waals surface area contributed by atoms with Crippen molar-refractivity contribution >= 4 is 22.8 Å². The van der Waals surface area contributed by atoms with Crippen molar-refractivity contribution in [1.82, 2.24) is 19.9 Å². The smallest absolute Gasteiger partial charge is 0.227 e. The van der Waals surface area contributed by atoms with Crippen LogP contribution in [0.3, 0.4) is 0 Å². The van der Waals surface area contributed by atoms with Crippen LogP contribution in [0.25, 0.3) is 22.0 Å². The third-order valence-corrected chi connectivity index (χ3v) is 6.14. The van der Waals surface area contributed by atoms with E-state index in [1.807, 2.05) is 59.6 Å². The number of nitrogens with zero attached hydrogens (tertiary/aromatic N) is 3. The number of amides is 1. The first kappa shape index (κ1) is 20.1. The van der Waals surface area contributed by atoms with E-state index in [1.54, 1.807) is 13.3 Å². The van der Waals surface area contributed by atoms with Gasteiger partial charge in [0.1, 0.15) is 5.75 Å². The van der Waals surface area contributed by atoms with Crippen molar-refractivity contribution in [2.45, 2.75) is 25.3 Å². The SMILES string of the molecule is COc1ccc(-c2cnc(N)nc2[C@@H]2CCCN2C(=O)Cc2c[nH]c3ccccc23)cc1. The zero-order valence-corrected chi connectivity index (χ0v) is 17.9. The lowest BCUT2D eigenvalue weighted by Gasteiger charge is -2.26. The molecular formula is C25H25N5O2. The molecule has 2 aromatic heterocycles. The minimum absolute atomic E-state index is 0.0927. The van der Waals surface area contributed by atoms with Gasteiger partial charge in [-0.05, 0) is 42.2 Å². The lowest BCUT2D eigenvalue weighted by atomic mass is 9.99. The van der Waals surface area contributed by atoms with E-state index < -0.39 is 0 Å². The summed E-state index contributed by atoms with van der Waals surface area (Å²) >= 11 is 0. The number of anilines is 1. The molecule has 1 aliphatic heterocycles. The number of aromatic amines is 1. The Bertz CT molecular complexity index is 1270. The van der Waals surface area contributed by atoms with Crippen molar-refractivity contribution in [3.05, 3.63) is 72.2 Å². The molecule has 0 saturated carbocycles. The number of likely N-dealkylation sites (tertiary alicyclic amines) is 1. The fourth-order valence-corrected chi connectivity index (χ4v) is 4.55. The van der Waals surface area contributed by atoms with Gasteiger partial charge >= 0.3 is 0 Å². The van der Waals surface area contributed by atoms with E-state index in [9.17, 15) is 4.79 Å². The number of methoxy groups -OCH3 is 1. The van der Waals surface area contributed by atoms with Crippen molar-refractivity contribution in [3.8, 4) is 16.9 Å². The van der Waals surface area contributed by atoms with Gasteiger partial charge in [0.2, 0.25) is 11.9 Å². The van der Waals surface area contributed by atoms with Gasteiger partial charge in [-0.15, -0.1) is 0 Å². The number of nitrogen functional groups attached to an aromatic ring is 1.